The molecule has 4 heterocycles. The number of aromatic hydroxyl groups is 1. The molecule has 1 aliphatic heterocycles. The van der Waals surface area contributed by atoms with Crippen LogP contribution in [0.2, 0.25) is 0 Å². The first kappa shape index (κ1) is 63.4. The van der Waals surface area contributed by atoms with E-state index in [2.05, 4.69) is 67.1 Å². The van der Waals surface area contributed by atoms with Crippen LogP contribution >= 0.6 is 0 Å². The molecule has 0 spiro atoms. The zero-order valence-corrected chi connectivity index (χ0v) is 47.1. The Morgan fingerprint density at radius 1 is 0.753 bits per heavy atom. The zero-order valence-electron chi connectivity index (χ0n) is 47.1. The number of fused-ring (bicyclic) bond motifs is 1. The summed E-state index contributed by atoms with van der Waals surface area (Å²) in [4.78, 5) is 137. The van der Waals surface area contributed by atoms with Crippen LogP contribution < -0.4 is 59.3 Å². The Bertz CT molecular complexity index is 2760. The van der Waals surface area contributed by atoms with Gasteiger partial charge in [0.2, 0.25) is 53.2 Å². The molecule has 28 heteroatoms. The average molecular weight is 1130 g/mol. The summed E-state index contributed by atoms with van der Waals surface area (Å²) < 4.78 is 1.51. The van der Waals surface area contributed by atoms with Crippen molar-refractivity contribution in [3.8, 4) is 5.75 Å². The highest BCUT2D eigenvalue weighted by molar-refractivity contribution is 5.96. The number of aliphatic imine (C=N–C) groups is 1. The fourth-order valence-electron chi connectivity index (χ4n) is 9.16. The first-order valence-corrected chi connectivity index (χ1v) is 27.4. The molecule has 81 heavy (non-hydrogen) atoms. The van der Waals surface area contributed by atoms with Gasteiger partial charge in [-0.15, -0.1) is 0 Å². The smallest absolute Gasteiger partial charge is 0.245 e. The van der Waals surface area contributed by atoms with Crippen LogP contribution in [0.3, 0.4) is 0 Å². The number of phenolic OH excluding ortho intramolecular Hbond substituents is 1. The van der Waals surface area contributed by atoms with Gasteiger partial charge in [0.25, 0.3) is 0 Å². The van der Waals surface area contributed by atoms with Gasteiger partial charge in [-0.05, 0) is 74.6 Å². The fourth-order valence-corrected chi connectivity index (χ4v) is 9.16. The van der Waals surface area contributed by atoms with Crippen LogP contribution in [-0.4, -0.2) is 175 Å². The third-order valence-corrected chi connectivity index (χ3v) is 13.8. The maximum Gasteiger partial charge on any atom is 0.245 e. The molecule has 1 aromatic carbocycles. The molecule has 5 rings (SSSR count). The number of benzene rings is 1. The zero-order chi connectivity index (χ0) is 59.2. The highest BCUT2D eigenvalue weighted by Gasteiger charge is 2.35. The van der Waals surface area contributed by atoms with Crippen molar-refractivity contribution in [2.45, 2.75) is 135 Å². The maximum absolute atomic E-state index is 14.4. The molecule has 0 bridgehead atoms. The van der Waals surface area contributed by atoms with Gasteiger partial charge < -0.3 is 78.9 Å². The van der Waals surface area contributed by atoms with Crippen molar-refractivity contribution in [1.82, 2.24) is 71.6 Å². The number of anilines is 1. The van der Waals surface area contributed by atoms with Gasteiger partial charge in [0.1, 0.15) is 54.1 Å². The molecule has 3 aromatic heterocycles. The molecule has 1 saturated heterocycles. The van der Waals surface area contributed by atoms with Crippen LogP contribution in [-0.2, 0) is 57.7 Å². The summed E-state index contributed by atoms with van der Waals surface area (Å²) in [5.74, 6) is -4.15. The van der Waals surface area contributed by atoms with Crippen molar-refractivity contribution in [2.24, 2.45) is 34.0 Å². The number of phenols is 1. The number of aromatic amines is 1. The number of unbranched alkanes of at least 4 members (excludes halogenated alkanes) is 1. The molecule has 4 aromatic rings. The number of imidazole rings is 2. The molecular weight excluding hydrogens is 1050 g/mol. The number of hydrogen-bond donors (Lipinski definition) is 12. The number of nitrogens with two attached hydrogens (primary N) is 3. The Labute approximate surface area is 470 Å². The van der Waals surface area contributed by atoms with E-state index in [1.807, 2.05) is 32.6 Å². The second kappa shape index (κ2) is 31.4. The van der Waals surface area contributed by atoms with Crippen molar-refractivity contribution in [3.63, 3.8) is 0 Å². The van der Waals surface area contributed by atoms with Gasteiger partial charge in [0, 0.05) is 71.4 Å². The van der Waals surface area contributed by atoms with Gasteiger partial charge in [-0.1, -0.05) is 46.2 Å². The number of nitrogens with one attached hydrogen (secondary N) is 8. The molecule has 1 fully saturated rings. The highest BCUT2D eigenvalue weighted by atomic mass is 16.3. The van der Waals surface area contributed by atoms with E-state index in [0.29, 0.717) is 87.6 Å². The number of likely N-dealkylation sites (N-methyl/N-ethyl adjacent to an activating group) is 1. The van der Waals surface area contributed by atoms with Crippen LogP contribution in [0.5, 0.6) is 5.75 Å². The number of H-pyrrole nitrogens is 1. The lowest BCUT2D eigenvalue weighted by molar-refractivity contribution is -0.138. The summed E-state index contributed by atoms with van der Waals surface area (Å²) in [6, 6.07) is -0.286. The van der Waals surface area contributed by atoms with E-state index >= 15 is 0 Å². The van der Waals surface area contributed by atoms with Crippen LogP contribution in [0.4, 0.5) is 5.95 Å². The van der Waals surface area contributed by atoms with E-state index in [9.17, 15) is 43.5 Å². The second-order valence-electron chi connectivity index (χ2n) is 20.6. The quantitative estimate of drug-likeness (QED) is 0.0152. The third-order valence-electron chi connectivity index (χ3n) is 13.8. The Kier molecular flexibility index (Phi) is 24.6. The minimum Gasteiger partial charge on any atom is -0.508 e. The Morgan fingerprint density at radius 2 is 1.40 bits per heavy atom. The summed E-state index contributed by atoms with van der Waals surface area (Å²) in [5, 5.41) is 29.2. The largest absolute Gasteiger partial charge is 0.508 e. The van der Waals surface area contributed by atoms with E-state index in [0.717, 1.165) is 0 Å². The van der Waals surface area contributed by atoms with E-state index in [1.54, 1.807) is 17.0 Å². The molecule has 7 atom stereocenters. The third kappa shape index (κ3) is 19.7. The van der Waals surface area contributed by atoms with Gasteiger partial charge in [-0.3, -0.25) is 43.3 Å². The van der Waals surface area contributed by atoms with Crippen molar-refractivity contribution >= 4 is 70.3 Å². The summed E-state index contributed by atoms with van der Waals surface area (Å²) in [7, 11) is 1.45. The normalized spacial score (nSPS) is 15.0. The molecular formula is C53H81N19O9. The Hall–Kier alpha value is -8.43. The van der Waals surface area contributed by atoms with Crippen molar-refractivity contribution in [1.29, 1.82) is 0 Å². The standard InChI is InChI=1S/C53H81N19O9/c1-7-32(4)44(63-33(5)73)50(80)65-38(11-8-9-17-54)51(81)70-19-21-71(22-20-70)53-60-27-42-45(69-53)62-30-72(42)28-43(75)64-37(12-10-18-59-52(55)56)47(77)68-41(25-35-26-58-29-61-35)49(79)67-40(24-34-13-15-36(74)16-14-34)48(78)66-39(23-31(2)3)46(76)57-6/h13-16,26-27,29-32,37-41,44,74H,7-12,17-25,28,54H2,1-6H3,(H,57,76)(H,58,61)(H,63,73)(H,64,75)(H,65,80)(H,66,78)(H,67,79)(H,68,77)(H4,55,56,59)/t32-,37-,38-,39-,40-,41-,44-/m0/s1. The summed E-state index contributed by atoms with van der Waals surface area (Å²) in [5.41, 5.74) is 18.6. The minimum atomic E-state index is -1.33. The molecule has 1 aliphatic rings. The van der Waals surface area contributed by atoms with E-state index in [1.165, 1.54) is 55.7 Å². The first-order chi connectivity index (χ1) is 38.7. The fraction of sp³-hybridized carbons (Fsp3) is 0.566. The highest BCUT2D eigenvalue weighted by Crippen LogP contribution is 2.19. The molecule has 442 valence electrons. The van der Waals surface area contributed by atoms with E-state index in [4.69, 9.17) is 17.2 Å². The number of nitrogens with zero attached hydrogens (tertiary/aromatic N) is 8. The van der Waals surface area contributed by atoms with Crippen LogP contribution in [0.1, 0.15) is 90.8 Å². The van der Waals surface area contributed by atoms with Gasteiger partial charge in [0.15, 0.2) is 11.6 Å². The van der Waals surface area contributed by atoms with Gasteiger partial charge in [-0.25, -0.2) is 15.0 Å². The minimum absolute atomic E-state index is 0.00790. The number of carbonyl (C=O) groups is 8. The maximum atomic E-state index is 14.4. The predicted molar refractivity (Wildman–Crippen MR) is 301 cm³/mol. The van der Waals surface area contributed by atoms with Gasteiger partial charge in [-0.2, -0.15) is 4.98 Å². The summed E-state index contributed by atoms with van der Waals surface area (Å²) >= 11 is 0. The summed E-state index contributed by atoms with van der Waals surface area (Å²) in [6.07, 6.45) is 8.55. The van der Waals surface area contributed by atoms with Crippen molar-refractivity contribution in [2.75, 3.05) is 51.2 Å². The number of carbonyl (C=O) groups excluding carboxylic acids is 8. The molecule has 8 amide bonds. The van der Waals surface area contributed by atoms with E-state index < -0.39 is 71.7 Å². The molecule has 0 saturated carbocycles. The summed E-state index contributed by atoms with van der Waals surface area (Å²) in [6.45, 7) is 10.5. The lowest BCUT2D eigenvalue weighted by atomic mass is 9.97. The first-order valence-electron chi connectivity index (χ1n) is 27.4. The molecule has 0 radical (unpaired) electrons. The average Bonchev–Trinajstić information content (AvgIpc) is 4.15. The number of guanidine groups is 1. The van der Waals surface area contributed by atoms with Crippen LogP contribution in [0, 0.1) is 11.8 Å². The van der Waals surface area contributed by atoms with Gasteiger partial charge in [0.05, 0.1) is 18.9 Å². The van der Waals surface area contributed by atoms with Crippen LogP contribution in [0.25, 0.3) is 11.2 Å². The molecule has 0 unspecified atom stereocenters. The SMILES string of the molecule is CC[C@H](C)[C@H](NC(C)=O)C(=O)N[C@@H](CCCCN)C(=O)N1CCN(c2ncc3c(ncn3CC(=O)N[C@@H](CCCN=C(N)N)C(=O)N[C@@H](Cc3cnc[nH]3)C(=O)N[C@@H](Cc3ccc(O)cc3)C(=O)N[C@@H](CC(C)C)C(=O)NC)n2)CC1. The lowest BCUT2D eigenvalue weighted by Gasteiger charge is -2.37. The molecule has 15 N–H and O–H groups in total. The number of rotatable bonds is 31. The number of amides is 8. The number of aromatic nitrogens is 6. The monoisotopic (exact) mass is 1130 g/mol. The number of hydrogen-bond acceptors (Lipinski definition) is 16. The lowest BCUT2D eigenvalue weighted by Crippen LogP contribution is -2.59. The molecule has 28 nitrogen and oxygen atoms in total. The van der Waals surface area contributed by atoms with E-state index in [-0.39, 0.29) is 79.8 Å². The topological polar surface area (TPSA) is 410 Å². The Balaban J connectivity index is 1.29. The number of piperazine rings is 1. The van der Waals surface area contributed by atoms with Gasteiger partial charge >= 0.3 is 0 Å². The Morgan fingerprint density at radius 3 is 2.00 bits per heavy atom. The second-order valence-corrected chi connectivity index (χ2v) is 20.6. The van der Waals surface area contributed by atoms with Crippen molar-refractivity contribution < 1.29 is 43.5 Å². The van der Waals surface area contributed by atoms with Crippen molar-refractivity contribution in [3.05, 3.63) is 60.6 Å². The van der Waals surface area contributed by atoms with Crippen LogP contribution in [0.15, 0.2) is 54.3 Å². The predicted octanol–water partition coefficient (Wildman–Crippen LogP) is -1.66. The molecule has 0 aliphatic carbocycles.